The summed E-state index contributed by atoms with van der Waals surface area (Å²) in [5, 5.41) is 25.5. The number of benzene rings is 1. The Morgan fingerprint density at radius 3 is 2.88 bits per heavy atom. The first-order valence-corrected chi connectivity index (χ1v) is 8.92. The van der Waals surface area contributed by atoms with Gasteiger partial charge in [-0.2, -0.15) is 0 Å². The maximum atomic E-state index is 13.3. The van der Waals surface area contributed by atoms with E-state index in [-0.39, 0.29) is 22.0 Å². The van der Waals surface area contributed by atoms with Crippen LogP contribution >= 0.6 is 28.1 Å². The number of amidine groups is 1. The van der Waals surface area contributed by atoms with E-state index in [0.717, 1.165) is 25.0 Å². The van der Waals surface area contributed by atoms with Crippen LogP contribution in [0.25, 0.3) is 0 Å². The summed E-state index contributed by atoms with van der Waals surface area (Å²) in [6, 6.07) is 4.70. The van der Waals surface area contributed by atoms with E-state index in [1.54, 1.807) is 0 Å². The Balaban J connectivity index is 1.75. The number of rotatable bonds is 6. The molecule has 0 aliphatic heterocycles. The summed E-state index contributed by atoms with van der Waals surface area (Å²) in [5.41, 5.74) is 2.60. The Labute approximate surface area is 155 Å². The maximum Gasteiger partial charge on any atom is 0.202 e. The second-order valence-electron chi connectivity index (χ2n) is 5.38. The highest BCUT2D eigenvalue weighted by Gasteiger charge is 2.31. The Morgan fingerprint density at radius 1 is 1.40 bits per heavy atom. The normalized spacial score (nSPS) is 20.2. The van der Waals surface area contributed by atoms with Crippen molar-refractivity contribution in [2.24, 2.45) is 10.1 Å². The number of anilines is 1. The van der Waals surface area contributed by atoms with Crippen molar-refractivity contribution in [3.8, 4) is 0 Å². The van der Waals surface area contributed by atoms with Crippen LogP contribution in [0.2, 0.25) is 0 Å². The van der Waals surface area contributed by atoms with E-state index in [2.05, 4.69) is 41.3 Å². The van der Waals surface area contributed by atoms with Gasteiger partial charge < -0.3 is 5.32 Å². The van der Waals surface area contributed by atoms with Gasteiger partial charge in [0.1, 0.15) is 5.82 Å². The van der Waals surface area contributed by atoms with Gasteiger partial charge in [0.25, 0.3) is 0 Å². The van der Waals surface area contributed by atoms with E-state index >= 15 is 0 Å². The molecular weight excluding hydrogens is 417 g/mol. The van der Waals surface area contributed by atoms with Crippen LogP contribution in [0.3, 0.4) is 0 Å². The number of hydrogen-bond donors (Lipinski definition) is 5. The smallest absolute Gasteiger partial charge is 0.202 e. The molecule has 3 rings (SSSR count). The van der Waals surface area contributed by atoms with Crippen LogP contribution in [0.15, 0.2) is 32.3 Å². The van der Waals surface area contributed by atoms with Crippen molar-refractivity contribution in [3.05, 3.63) is 34.2 Å². The lowest BCUT2D eigenvalue weighted by Crippen LogP contribution is -2.46. The molecule has 1 heterocycles. The molecule has 1 aromatic heterocycles. The summed E-state index contributed by atoms with van der Waals surface area (Å²) in [6.07, 6.45) is 1.72. The fourth-order valence-corrected chi connectivity index (χ4v) is 3.13. The molecular formula is C13H15BrFN7O2S. The molecule has 1 aliphatic carbocycles. The molecule has 1 fully saturated rings. The van der Waals surface area contributed by atoms with Gasteiger partial charge in [-0.25, -0.2) is 18.7 Å². The summed E-state index contributed by atoms with van der Waals surface area (Å²) >= 11 is 4.18. The zero-order valence-corrected chi connectivity index (χ0v) is 15.1. The van der Waals surface area contributed by atoms with Gasteiger partial charge in [-0.3, -0.25) is 15.8 Å². The number of nitrogens with one attached hydrogen (secondary N) is 3. The fraction of sp³-hybridized carbons (Fsp3) is 0.308. The lowest BCUT2D eigenvalue weighted by atomic mass is 9.87. The molecule has 0 radical (unpaired) electrons. The summed E-state index contributed by atoms with van der Waals surface area (Å²) in [4.78, 5) is 4.20. The number of hydrogen-bond acceptors (Lipinski definition) is 9. The average Bonchev–Trinajstić information content (AvgIpc) is 3.02. The molecule has 12 heteroatoms. The third kappa shape index (κ3) is 4.27. The van der Waals surface area contributed by atoms with E-state index in [1.807, 2.05) is 5.48 Å². The minimum absolute atomic E-state index is 0.0220. The second-order valence-corrected chi connectivity index (χ2v) is 6.70. The van der Waals surface area contributed by atoms with Crippen molar-refractivity contribution in [1.82, 2.24) is 20.5 Å². The number of aromatic nitrogens is 2. The molecule has 0 bridgehead atoms. The largest absolute Gasteiger partial charge is 0.362 e. The number of nitrogens with two attached hydrogens (primary N) is 1. The van der Waals surface area contributed by atoms with Crippen LogP contribution in [0.5, 0.6) is 0 Å². The van der Waals surface area contributed by atoms with Gasteiger partial charge >= 0.3 is 0 Å². The number of halogens is 2. The van der Waals surface area contributed by atoms with Crippen LogP contribution < -0.4 is 20.7 Å². The number of hydroxylamine groups is 1. The van der Waals surface area contributed by atoms with E-state index in [4.69, 9.17) is 9.77 Å². The highest BCUT2D eigenvalue weighted by Crippen LogP contribution is 2.26. The van der Waals surface area contributed by atoms with E-state index in [1.165, 1.54) is 18.2 Å². The van der Waals surface area contributed by atoms with Gasteiger partial charge in [-0.05, 0) is 57.3 Å². The highest BCUT2D eigenvalue weighted by atomic mass is 79.9. The van der Waals surface area contributed by atoms with Crippen molar-refractivity contribution in [2.45, 2.75) is 24.9 Å². The van der Waals surface area contributed by atoms with E-state index in [9.17, 15) is 9.60 Å². The first-order chi connectivity index (χ1) is 12.1. The van der Waals surface area contributed by atoms with Crippen molar-refractivity contribution in [3.63, 3.8) is 0 Å². The van der Waals surface area contributed by atoms with E-state index in [0.29, 0.717) is 17.5 Å². The molecule has 0 saturated heterocycles. The molecule has 25 heavy (non-hydrogen) atoms. The molecule has 6 N–H and O–H groups in total. The molecule has 134 valence electrons. The number of aliphatic imine (C=N–C) groups is 1. The first kappa shape index (κ1) is 18.1. The Morgan fingerprint density at radius 2 is 2.20 bits per heavy atom. The van der Waals surface area contributed by atoms with Gasteiger partial charge in [-0.1, -0.05) is 0 Å². The number of nitrogens with zero attached hydrogens (tertiary/aromatic N) is 3. The summed E-state index contributed by atoms with van der Waals surface area (Å²) < 4.78 is 21.4. The monoisotopic (exact) mass is 431 g/mol. The Kier molecular flexibility index (Phi) is 5.86. The predicted octanol–water partition coefficient (Wildman–Crippen LogP) is 2.08. The van der Waals surface area contributed by atoms with Crippen molar-refractivity contribution < 1.29 is 14.2 Å². The maximum absolute atomic E-state index is 13.3. The van der Waals surface area contributed by atoms with Gasteiger partial charge in [0, 0.05) is 24.2 Å². The summed E-state index contributed by atoms with van der Waals surface area (Å²) in [5.74, 6) is -0.0363. The SMILES string of the molecule is NSNC1CC(Nc2nonc2C(=Nc2ccc(F)c(Br)c2)NO)C1. The van der Waals surface area contributed by atoms with Gasteiger partial charge in [0.05, 0.1) is 10.2 Å². The predicted molar refractivity (Wildman–Crippen MR) is 94.9 cm³/mol. The van der Waals surface area contributed by atoms with Crippen LogP contribution in [0.4, 0.5) is 15.9 Å². The van der Waals surface area contributed by atoms with Crippen LogP contribution in [-0.2, 0) is 0 Å². The van der Waals surface area contributed by atoms with Gasteiger partial charge in [0.2, 0.25) is 5.82 Å². The summed E-state index contributed by atoms with van der Waals surface area (Å²) in [7, 11) is 0. The van der Waals surface area contributed by atoms with Crippen LogP contribution in [0, 0.1) is 5.82 Å². The third-order valence-electron chi connectivity index (χ3n) is 3.68. The van der Waals surface area contributed by atoms with Gasteiger partial charge in [0.15, 0.2) is 11.5 Å². The zero-order valence-electron chi connectivity index (χ0n) is 12.7. The van der Waals surface area contributed by atoms with Crippen molar-refractivity contribution in [1.29, 1.82) is 0 Å². The van der Waals surface area contributed by atoms with Crippen molar-refractivity contribution in [2.75, 3.05) is 5.32 Å². The van der Waals surface area contributed by atoms with Crippen molar-refractivity contribution >= 4 is 45.4 Å². The average molecular weight is 432 g/mol. The molecule has 1 aromatic carbocycles. The molecule has 0 unspecified atom stereocenters. The topological polar surface area (TPSA) is 134 Å². The molecule has 1 saturated carbocycles. The highest BCUT2D eigenvalue weighted by molar-refractivity contribution is 9.10. The lowest BCUT2D eigenvalue weighted by molar-refractivity contribution is 0.234. The first-order valence-electron chi connectivity index (χ1n) is 7.25. The van der Waals surface area contributed by atoms with Crippen LogP contribution in [0.1, 0.15) is 18.5 Å². The minimum atomic E-state index is -0.410. The Hall–Kier alpha value is -1.73. The Bertz CT molecular complexity index is 769. The zero-order chi connectivity index (χ0) is 17.8. The van der Waals surface area contributed by atoms with Gasteiger partial charge in [-0.15, -0.1) is 0 Å². The molecule has 1 aliphatic rings. The molecule has 2 aromatic rings. The second kappa shape index (κ2) is 8.10. The van der Waals surface area contributed by atoms with E-state index < -0.39 is 5.82 Å². The quantitative estimate of drug-likeness (QED) is 0.201. The standard InChI is InChI=1S/C13H15BrFN7O2S/c14-9-5-6(1-2-10(9)15)17-12(19-23)11-13(21-24-20-11)18-7-3-8(4-7)22-25-16/h1-2,5,7-8,22-23H,3-4,16H2,(H,17,19)(H,18,21). The molecule has 0 atom stereocenters. The fourth-order valence-electron chi connectivity index (χ4n) is 2.37. The molecule has 0 amide bonds. The molecule has 0 spiro atoms. The third-order valence-corrected chi connectivity index (χ3v) is 4.75. The van der Waals surface area contributed by atoms with Crippen LogP contribution in [-0.4, -0.2) is 33.4 Å². The molecule has 9 nitrogen and oxygen atoms in total. The minimum Gasteiger partial charge on any atom is -0.362 e. The lowest BCUT2D eigenvalue weighted by Gasteiger charge is -2.35. The summed E-state index contributed by atoms with van der Waals surface area (Å²) in [6.45, 7) is 0.